The summed E-state index contributed by atoms with van der Waals surface area (Å²) < 4.78 is 11.4. The van der Waals surface area contributed by atoms with Crippen molar-refractivity contribution in [3.8, 4) is 11.6 Å². The Hall–Kier alpha value is -3.74. The van der Waals surface area contributed by atoms with Crippen LogP contribution in [0, 0.1) is 0 Å². The third-order valence-corrected chi connectivity index (χ3v) is 3.66. The fraction of sp³-hybridized carbons (Fsp3) is 0. The first-order chi connectivity index (χ1) is 12.3. The van der Waals surface area contributed by atoms with Crippen LogP contribution >= 0.6 is 0 Å². The highest BCUT2D eigenvalue weighted by atomic mass is 16.4. The van der Waals surface area contributed by atoms with Gasteiger partial charge in [-0.25, -0.2) is 9.97 Å². The third-order valence-electron chi connectivity index (χ3n) is 3.66. The van der Waals surface area contributed by atoms with Crippen molar-refractivity contribution in [1.29, 1.82) is 0 Å². The van der Waals surface area contributed by atoms with Gasteiger partial charge in [0.15, 0.2) is 16.8 Å². The zero-order valence-corrected chi connectivity index (χ0v) is 12.9. The van der Waals surface area contributed by atoms with Crippen molar-refractivity contribution in [2.45, 2.75) is 0 Å². The first kappa shape index (κ1) is 13.7. The number of hydrogen-bond acceptors (Lipinski definition) is 7. The molecule has 0 bridgehead atoms. The van der Waals surface area contributed by atoms with Crippen LogP contribution in [-0.2, 0) is 0 Å². The number of para-hydroxylation sites is 2. The summed E-state index contributed by atoms with van der Waals surface area (Å²) in [5, 5.41) is 3.06. The van der Waals surface area contributed by atoms with Crippen LogP contribution in [0.25, 0.3) is 33.9 Å². The number of hydrogen-bond donors (Lipinski definition) is 1. The number of pyridine rings is 2. The van der Waals surface area contributed by atoms with Gasteiger partial charge in [0, 0.05) is 6.20 Å². The number of anilines is 2. The molecule has 0 radical (unpaired) electrons. The maximum Gasteiger partial charge on any atom is 0.301 e. The van der Waals surface area contributed by atoms with Gasteiger partial charge in [-0.05, 0) is 36.4 Å². The van der Waals surface area contributed by atoms with E-state index in [0.29, 0.717) is 40.2 Å². The number of rotatable bonds is 3. The molecule has 0 spiro atoms. The van der Waals surface area contributed by atoms with Gasteiger partial charge >= 0.3 is 6.01 Å². The number of oxazole rings is 2. The quantitative estimate of drug-likeness (QED) is 0.531. The van der Waals surface area contributed by atoms with E-state index in [-0.39, 0.29) is 0 Å². The molecule has 0 unspecified atom stereocenters. The highest BCUT2D eigenvalue weighted by molar-refractivity contribution is 5.75. The normalized spacial score (nSPS) is 11.2. The minimum atomic E-state index is 0.380. The summed E-state index contributed by atoms with van der Waals surface area (Å²) in [6, 6.07) is 17.1. The largest absolute Gasteiger partial charge is 0.433 e. The standard InChI is InChI=1S/C18H11N5O2/c1-2-7-13-11(5-1)21-18(25-13)22-15-9-3-6-12(20-15)17-23-16-14(24-17)8-4-10-19-16/h1-10H,(H,20,21,22). The maximum atomic E-state index is 5.70. The number of benzene rings is 1. The van der Waals surface area contributed by atoms with Gasteiger partial charge < -0.3 is 8.83 Å². The summed E-state index contributed by atoms with van der Waals surface area (Å²) in [7, 11) is 0. The number of nitrogens with one attached hydrogen (secondary N) is 1. The number of nitrogens with zero attached hydrogens (tertiary/aromatic N) is 4. The Morgan fingerprint density at radius 2 is 1.68 bits per heavy atom. The predicted octanol–water partition coefficient (Wildman–Crippen LogP) is 4.17. The summed E-state index contributed by atoms with van der Waals surface area (Å²) in [6.07, 6.45) is 1.67. The van der Waals surface area contributed by atoms with Gasteiger partial charge in [0.2, 0.25) is 5.89 Å². The van der Waals surface area contributed by atoms with Crippen LogP contribution in [0.4, 0.5) is 11.8 Å². The Kier molecular flexibility index (Phi) is 2.96. The van der Waals surface area contributed by atoms with E-state index < -0.39 is 0 Å². The van der Waals surface area contributed by atoms with Crippen LogP contribution < -0.4 is 5.32 Å². The topological polar surface area (TPSA) is 89.9 Å². The molecule has 0 aliphatic rings. The monoisotopic (exact) mass is 329 g/mol. The molecule has 0 saturated heterocycles. The molecule has 7 heteroatoms. The second-order valence-electron chi connectivity index (χ2n) is 5.36. The molecule has 1 N–H and O–H groups in total. The molecule has 0 amide bonds. The van der Waals surface area contributed by atoms with E-state index in [1.165, 1.54) is 0 Å². The van der Waals surface area contributed by atoms with Gasteiger partial charge in [0.05, 0.1) is 0 Å². The minimum absolute atomic E-state index is 0.380. The lowest BCUT2D eigenvalue weighted by molar-refractivity contribution is 0.615. The van der Waals surface area contributed by atoms with E-state index in [1.807, 2.05) is 48.5 Å². The van der Waals surface area contributed by atoms with Crippen molar-refractivity contribution < 1.29 is 8.83 Å². The summed E-state index contributed by atoms with van der Waals surface area (Å²) >= 11 is 0. The SMILES string of the molecule is c1cc(Nc2nc3ccccc3o2)nc(-c2nc3ncccc3o2)c1. The van der Waals surface area contributed by atoms with Crippen LogP contribution in [0.1, 0.15) is 0 Å². The summed E-state index contributed by atoms with van der Waals surface area (Å²) in [4.78, 5) is 17.4. The van der Waals surface area contributed by atoms with Gasteiger partial charge in [-0.3, -0.25) is 5.32 Å². The molecular formula is C18H11N5O2. The maximum absolute atomic E-state index is 5.70. The zero-order chi connectivity index (χ0) is 16.6. The molecule has 1 aromatic carbocycles. The lowest BCUT2D eigenvalue weighted by atomic mass is 10.3. The fourth-order valence-electron chi connectivity index (χ4n) is 2.54. The number of aromatic nitrogens is 4. The van der Waals surface area contributed by atoms with E-state index in [4.69, 9.17) is 8.83 Å². The van der Waals surface area contributed by atoms with Gasteiger partial charge in [0.25, 0.3) is 0 Å². The lowest BCUT2D eigenvalue weighted by Crippen LogP contribution is -1.94. The third kappa shape index (κ3) is 2.47. The molecule has 0 aliphatic carbocycles. The molecule has 0 atom stereocenters. The summed E-state index contributed by atoms with van der Waals surface area (Å²) in [5.74, 6) is 0.995. The van der Waals surface area contributed by atoms with E-state index in [2.05, 4.69) is 25.3 Å². The van der Waals surface area contributed by atoms with E-state index in [0.717, 1.165) is 5.52 Å². The Morgan fingerprint density at radius 1 is 0.760 bits per heavy atom. The van der Waals surface area contributed by atoms with Gasteiger partial charge in [-0.1, -0.05) is 18.2 Å². The first-order valence-corrected chi connectivity index (χ1v) is 7.67. The Morgan fingerprint density at radius 3 is 2.60 bits per heavy atom. The van der Waals surface area contributed by atoms with Crippen LogP contribution in [0.3, 0.4) is 0 Å². The average Bonchev–Trinajstić information content (AvgIpc) is 3.25. The molecule has 4 heterocycles. The van der Waals surface area contributed by atoms with E-state index >= 15 is 0 Å². The first-order valence-electron chi connectivity index (χ1n) is 7.67. The van der Waals surface area contributed by atoms with Crippen molar-refractivity contribution in [2.75, 3.05) is 5.32 Å². The molecule has 7 nitrogen and oxygen atoms in total. The van der Waals surface area contributed by atoms with Crippen molar-refractivity contribution in [3.63, 3.8) is 0 Å². The smallest absolute Gasteiger partial charge is 0.301 e. The molecular weight excluding hydrogens is 318 g/mol. The van der Waals surface area contributed by atoms with Gasteiger partial charge in [-0.15, -0.1) is 0 Å². The second kappa shape index (κ2) is 5.41. The van der Waals surface area contributed by atoms with Crippen molar-refractivity contribution in [1.82, 2.24) is 19.9 Å². The lowest BCUT2D eigenvalue weighted by Gasteiger charge is -2.01. The molecule has 4 aromatic heterocycles. The second-order valence-corrected chi connectivity index (χ2v) is 5.36. The molecule has 0 fully saturated rings. The molecule has 5 aromatic rings. The molecule has 120 valence electrons. The van der Waals surface area contributed by atoms with Crippen LogP contribution in [-0.4, -0.2) is 19.9 Å². The van der Waals surface area contributed by atoms with Crippen LogP contribution in [0.2, 0.25) is 0 Å². The minimum Gasteiger partial charge on any atom is -0.433 e. The zero-order valence-electron chi connectivity index (χ0n) is 12.9. The van der Waals surface area contributed by atoms with Gasteiger partial charge in [-0.2, -0.15) is 9.97 Å². The Balaban J connectivity index is 1.49. The molecule has 0 saturated carbocycles. The summed E-state index contributed by atoms with van der Waals surface area (Å²) in [5.41, 5.74) is 3.27. The Bertz CT molecular complexity index is 1130. The average molecular weight is 329 g/mol. The van der Waals surface area contributed by atoms with Crippen molar-refractivity contribution in [2.24, 2.45) is 0 Å². The molecule has 5 rings (SSSR count). The molecule has 25 heavy (non-hydrogen) atoms. The van der Waals surface area contributed by atoms with E-state index in [1.54, 1.807) is 12.3 Å². The van der Waals surface area contributed by atoms with Crippen molar-refractivity contribution in [3.05, 3.63) is 60.8 Å². The highest BCUT2D eigenvalue weighted by Gasteiger charge is 2.11. The Labute approximate surface area is 141 Å². The predicted molar refractivity (Wildman–Crippen MR) is 92.3 cm³/mol. The highest BCUT2D eigenvalue weighted by Crippen LogP contribution is 2.25. The molecule has 0 aliphatic heterocycles. The summed E-state index contributed by atoms with van der Waals surface area (Å²) in [6.45, 7) is 0. The number of fused-ring (bicyclic) bond motifs is 2. The van der Waals surface area contributed by atoms with Crippen LogP contribution in [0.5, 0.6) is 0 Å². The fourth-order valence-corrected chi connectivity index (χ4v) is 2.54. The van der Waals surface area contributed by atoms with E-state index in [9.17, 15) is 0 Å². The van der Waals surface area contributed by atoms with Crippen LogP contribution in [0.15, 0.2) is 69.6 Å². The van der Waals surface area contributed by atoms with Crippen molar-refractivity contribution >= 4 is 34.2 Å². The van der Waals surface area contributed by atoms with Gasteiger partial charge in [0.1, 0.15) is 17.0 Å².